The standard InChI is InChI=1S/C7H11BrN2/c1-5-3-2-4-6(9)10-7(5)8/h5-7,10H,3,9H2,1H3/t5-,6?,7?/m0/s1. The van der Waals surface area contributed by atoms with E-state index in [1.54, 1.807) is 0 Å². The summed E-state index contributed by atoms with van der Waals surface area (Å²) >= 11 is 3.47. The highest BCUT2D eigenvalue weighted by Gasteiger charge is 2.16. The van der Waals surface area contributed by atoms with Crippen molar-refractivity contribution in [1.82, 2.24) is 5.32 Å². The smallest absolute Gasteiger partial charge is 0.119 e. The summed E-state index contributed by atoms with van der Waals surface area (Å²) in [5.74, 6) is 6.43. The molecule has 1 heterocycles. The molecule has 3 N–H and O–H groups in total. The molecule has 1 aliphatic rings. The molecule has 0 saturated carbocycles. The molecule has 0 amide bonds. The first kappa shape index (κ1) is 8.06. The molecular formula is C7H11BrN2. The van der Waals surface area contributed by atoms with E-state index in [4.69, 9.17) is 5.73 Å². The molecule has 0 aromatic carbocycles. The highest BCUT2D eigenvalue weighted by atomic mass is 79.9. The van der Waals surface area contributed by atoms with Gasteiger partial charge >= 0.3 is 0 Å². The molecule has 0 spiro atoms. The monoisotopic (exact) mass is 202 g/mol. The summed E-state index contributed by atoms with van der Waals surface area (Å²) in [6.07, 6.45) is 0.741. The van der Waals surface area contributed by atoms with Crippen LogP contribution in [0.15, 0.2) is 0 Å². The number of alkyl halides is 1. The van der Waals surface area contributed by atoms with Crippen LogP contribution in [0.25, 0.3) is 0 Å². The molecule has 0 saturated heterocycles. The van der Waals surface area contributed by atoms with Gasteiger partial charge in [-0.15, -0.1) is 0 Å². The number of nitrogens with two attached hydrogens (primary N) is 1. The van der Waals surface area contributed by atoms with Crippen molar-refractivity contribution in [3.8, 4) is 11.8 Å². The molecule has 0 aromatic rings. The van der Waals surface area contributed by atoms with Crippen molar-refractivity contribution >= 4 is 15.9 Å². The maximum Gasteiger partial charge on any atom is 0.119 e. The Morgan fingerprint density at radius 1 is 1.70 bits per heavy atom. The molecular weight excluding hydrogens is 192 g/mol. The lowest BCUT2D eigenvalue weighted by Crippen LogP contribution is -2.41. The summed E-state index contributed by atoms with van der Waals surface area (Å²) in [6.45, 7) is 2.14. The second kappa shape index (κ2) is 3.38. The maximum atomic E-state index is 5.57. The Morgan fingerprint density at radius 3 is 3.10 bits per heavy atom. The van der Waals surface area contributed by atoms with E-state index in [0.29, 0.717) is 5.92 Å². The van der Waals surface area contributed by atoms with Crippen LogP contribution in [0.1, 0.15) is 13.3 Å². The third-order valence-electron chi connectivity index (χ3n) is 1.52. The molecule has 1 rings (SSSR count). The highest BCUT2D eigenvalue weighted by molar-refractivity contribution is 9.09. The molecule has 3 atom stereocenters. The average molecular weight is 203 g/mol. The fraction of sp³-hybridized carbons (Fsp3) is 0.714. The summed E-state index contributed by atoms with van der Waals surface area (Å²) < 4.78 is 0. The van der Waals surface area contributed by atoms with E-state index in [1.807, 2.05) is 0 Å². The van der Waals surface area contributed by atoms with Gasteiger partial charge in [0.25, 0.3) is 0 Å². The van der Waals surface area contributed by atoms with Crippen LogP contribution in [0.3, 0.4) is 0 Å². The van der Waals surface area contributed by atoms with Gasteiger partial charge in [0, 0.05) is 6.42 Å². The maximum absolute atomic E-state index is 5.57. The molecule has 2 unspecified atom stereocenters. The molecule has 0 aliphatic carbocycles. The summed E-state index contributed by atoms with van der Waals surface area (Å²) in [7, 11) is 0. The van der Waals surface area contributed by atoms with E-state index < -0.39 is 0 Å². The van der Waals surface area contributed by atoms with E-state index in [1.165, 1.54) is 0 Å². The van der Waals surface area contributed by atoms with E-state index in [2.05, 4.69) is 40.0 Å². The van der Waals surface area contributed by atoms with Crippen molar-refractivity contribution < 1.29 is 0 Å². The van der Waals surface area contributed by atoms with Gasteiger partial charge in [-0.3, -0.25) is 5.32 Å². The van der Waals surface area contributed by atoms with Crippen LogP contribution in [-0.4, -0.2) is 11.1 Å². The van der Waals surface area contributed by atoms with Crippen molar-refractivity contribution in [2.75, 3.05) is 0 Å². The lowest BCUT2D eigenvalue weighted by atomic mass is 10.1. The number of rotatable bonds is 0. The minimum absolute atomic E-state index is 0.172. The Balaban J connectivity index is 2.55. The minimum Gasteiger partial charge on any atom is -0.306 e. The Hall–Kier alpha value is -0.0400. The van der Waals surface area contributed by atoms with Crippen LogP contribution in [0.2, 0.25) is 0 Å². The Bertz CT molecular complexity index is 170. The molecule has 56 valence electrons. The third-order valence-corrected chi connectivity index (χ3v) is 2.69. The fourth-order valence-electron chi connectivity index (χ4n) is 0.811. The molecule has 0 aromatic heterocycles. The topological polar surface area (TPSA) is 38.0 Å². The molecule has 3 heteroatoms. The van der Waals surface area contributed by atoms with Gasteiger partial charge in [-0.25, -0.2) is 0 Å². The van der Waals surface area contributed by atoms with Crippen LogP contribution in [0.5, 0.6) is 0 Å². The first-order valence-electron chi connectivity index (χ1n) is 3.34. The minimum atomic E-state index is -0.172. The lowest BCUT2D eigenvalue weighted by Gasteiger charge is -2.16. The third kappa shape index (κ3) is 1.98. The first-order chi connectivity index (χ1) is 4.70. The molecule has 10 heavy (non-hydrogen) atoms. The zero-order valence-electron chi connectivity index (χ0n) is 5.89. The summed E-state index contributed by atoms with van der Waals surface area (Å²) in [6, 6.07) is 0. The van der Waals surface area contributed by atoms with Gasteiger partial charge in [0.1, 0.15) is 6.17 Å². The zero-order chi connectivity index (χ0) is 7.56. The van der Waals surface area contributed by atoms with Crippen molar-refractivity contribution in [1.29, 1.82) is 0 Å². The van der Waals surface area contributed by atoms with Crippen LogP contribution in [0, 0.1) is 17.8 Å². The number of hydrogen-bond acceptors (Lipinski definition) is 2. The predicted molar refractivity (Wildman–Crippen MR) is 45.4 cm³/mol. The van der Waals surface area contributed by atoms with Gasteiger partial charge in [-0.1, -0.05) is 34.7 Å². The predicted octanol–water partition coefficient (Wildman–Crippen LogP) is 0.625. The number of halogens is 1. The van der Waals surface area contributed by atoms with Crippen molar-refractivity contribution in [2.45, 2.75) is 24.5 Å². The van der Waals surface area contributed by atoms with Gasteiger partial charge in [0.2, 0.25) is 0 Å². The van der Waals surface area contributed by atoms with Crippen LogP contribution >= 0.6 is 15.9 Å². The quantitative estimate of drug-likeness (QED) is 0.344. The van der Waals surface area contributed by atoms with Crippen molar-refractivity contribution in [2.24, 2.45) is 11.7 Å². The molecule has 0 fully saturated rings. The Kier molecular flexibility index (Phi) is 2.72. The SMILES string of the molecule is C[C@H]1CC#CC(N)NC1Br. The Labute approximate surface area is 69.7 Å². The summed E-state index contributed by atoms with van der Waals surface area (Å²) in [5.41, 5.74) is 5.57. The van der Waals surface area contributed by atoms with E-state index in [0.717, 1.165) is 6.42 Å². The molecule has 2 nitrogen and oxygen atoms in total. The van der Waals surface area contributed by atoms with Gasteiger partial charge in [0.15, 0.2) is 0 Å². The normalized spacial score (nSPS) is 39.7. The van der Waals surface area contributed by atoms with Gasteiger partial charge in [0.05, 0.1) is 4.95 Å². The Morgan fingerprint density at radius 2 is 2.40 bits per heavy atom. The van der Waals surface area contributed by atoms with Gasteiger partial charge < -0.3 is 5.73 Å². The first-order valence-corrected chi connectivity index (χ1v) is 4.26. The van der Waals surface area contributed by atoms with E-state index >= 15 is 0 Å². The lowest BCUT2D eigenvalue weighted by molar-refractivity contribution is 0.484. The van der Waals surface area contributed by atoms with Gasteiger partial charge in [-0.2, -0.15) is 0 Å². The number of nitrogens with one attached hydrogen (secondary N) is 1. The second-order valence-corrected chi connectivity index (χ2v) is 3.54. The average Bonchev–Trinajstić information content (AvgIpc) is 1.96. The van der Waals surface area contributed by atoms with Gasteiger partial charge in [-0.05, 0) is 5.92 Å². The largest absolute Gasteiger partial charge is 0.306 e. The summed E-state index contributed by atoms with van der Waals surface area (Å²) in [5, 5.41) is 3.11. The molecule has 0 radical (unpaired) electrons. The highest BCUT2D eigenvalue weighted by Crippen LogP contribution is 2.14. The zero-order valence-corrected chi connectivity index (χ0v) is 7.48. The van der Waals surface area contributed by atoms with Crippen LogP contribution in [-0.2, 0) is 0 Å². The van der Waals surface area contributed by atoms with E-state index in [9.17, 15) is 0 Å². The van der Waals surface area contributed by atoms with Crippen LogP contribution in [0.4, 0.5) is 0 Å². The second-order valence-electron chi connectivity index (χ2n) is 2.55. The number of hydrogen-bond donors (Lipinski definition) is 2. The van der Waals surface area contributed by atoms with Crippen molar-refractivity contribution in [3.05, 3.63) is 0 Å². The molecule has 1 aliphatic heterocycles. The van der Waals surface area contributed by atoms with Crippen molar-refractivity contribution in [3.63, 3.8) is 0 Å². The fourth-order valence-corrected chi connectivity index (χ4v) is 1.28. The van der Waals surface area contributed by atoms with Crippen LogP contribution < -0.4 is 11.1 Å². The van der Waals surface area contributed by atoms with E-state index in [-0.39, 0.29) is 11.1 Å². The molecule has 0 bridgehead atoms. The summed E-state index contributed by atoms with van der Waals surface area (Å²) in [4.78, 5) is 0.282.